The normalized spacial score (nSPS) is 15.5. The summed E-state index contributed by atoms with van der Waals surface area (Å²) >= 11 is 4.85. The first kappa shape index (κ1) is 15.6. The van der Waals surface area contributed by atoms with E-state index < -0.39 is 5.91 Å². The summed E-state index contributed by atoms with van der Waals surface area (Å²) in [6.07, 6.45) is 0. The highest BCUT2D eigenvalue weighted by atomic mass is 32.1. The van der Waals surface area contributed by atoms with E-state index in [0.29, 0.717) is 17.0 Å². The van der Waals surface area contributed by atoms with Crippen molar-refractivity contribution in [1.82, 2.24) is 5.01 Å². The summed E-state index contributed by atoms with van der Waals surface area (Å²) < 4.78 is 0. The van der Waals surface area contributed by atoms with Crippen molar-refractivity contribution in [1.29, 1.82) is 0 Å². The van der Waals surface area contributed by atoms with Crippen molar-refractivity contribution < 1.29 is 9.90 Å². The van der Waals surface area contributed by atoms with Gasteiger partial charge in [0.05, 0.1) is 5.69 Å². The van der Waals surface area contributed by atoms with Gasteiger partial charge in [0.15, 0.2) is 10.8 Å². The van der Waals surface area contributed by atoms with E-state index in [0.717, 1.165) is 5.01 Å². The number of thiocarbonyl (C=S) groups is 1. The van der Waals surface area contributed by atoms with Crippen LogP contribution in [-0.2, 0) is 4.79 Å². The van der Waals surface area contributed by atoms with Crippen LogP contribution in [0.2, 0.25) is 0 Å². The smallest absolute Gasteiger partial charge is 0.303 e. The van der Waals surface area contributed by atoms with Crippen LogP contribution in [0.4, 0.5) is 5.69 Å². The van der Waals surface area contributed by atoms with Gasteiger partial charge < -0.3 is 10.8 Å². The maximum absolute atomic E-state index is 12.4. The van der Waals surface area contributed by atoms with Gasteiger partial charge in [-0.15, -0.1) is 0 Å². The summed E-state index contributed by atoms with van der Waals surface area (Å²) in [5, 5.41) is 18.8. The number of hydrazone groups is 2. The number of nitrogens with two attached hydrogens (primary N) is 1. The number of nitrogens with one attached hydrogen (secondary N) is 1. The van der Waals surface area contributed by atoms with Crippen molar-refractivity contribution in [3.63, 3.8) is 0 Å². The van der Waals surface area contributed by atoms with Gasteiger partial charge in [-0.2, -0.15) is 15.2 Å². The molecule has 0 saturated carbocycles. The molecule has 7 nitrogen and oxygen atoms in total. The number of rotatable bonds is 3. The molecule has 1 heterocycles. The Hall–Kier alpha value is -3.26. The number of benzene rings is 2. The number of phenols is 1. The van der Waals surface area contributed by atoms with Gasteiger partial charge in [-0.05, 0) is 24.4 Å². The molecule has 120 valence electrons. The lowest BCUT2D eigenvalue weighted by atomic mass is 10.1. The molecule has 0 aromatic heterocycles. The number of para-hydroxylation sites is 2. The molecular weight excluding hydrogens is 326 g/mol. The molecule has 2 aromatic carbocycles. The number of anilines is 1. The summed E-state index contributed by atoms with van der Waals surface area (Å²) in [5.74, 6) is -0.527. The van der Waals surface area contributed by atoms with Gasteiger partial charge in [0.1, 0.15) is 11.5 Å². The second kappa shape index (κ2) is 6.47. The van der Waals surface area contributed by atoms with Gasteiger partial charge in [0.2, 0.25) is 0 Å². The van der Waals surface area contributed by atoms with E-state index in [2.05, 4.69) is 15.6 Å². The highest BCUT2D eigenvalue weighted by Gasteiger charge is 2.34. The second-order valence-electron chi connectivity index (χ2n) is 4.86. The molecular formula is C16H13N5O2S. The molecule has 1 amide bonds. The van der Waals surface area contributed by atoms with Crippen molar-refractivity contribution in [2.45, 2.75) is 0 Å². The van der Waals surface area contributed by atoms with Crippen molar-refractivity contribution in [2.24, 2.45) is 15.9 Å². The number of phenolic OH excluding ortho intramolecular Hbond substituents is 1. The summed E-state index contributed by atoms with van der Waals surface area (Å²) in [4.78, 5) is 12.4. The topological polar surface area (TPSA) is 103 Å². The molecule has 0 saturated heterocycles. The van der Waals surface area contributed by atoms with E-state index in [1.54, 1.807) is 30.3 Å². The van der Waals surface area contributed by atoms with E-state index in [1.165, 1.54) is 6.07 Å². The van der Waals surface area contributed by atoms with Crippen LogP contribution in [0.25, 0.3) is 0 Å². The maximum Gasteiger partial charge on any atom is 0.303 e. The number of carbonyl (C=O) groups excluding carboxylic acids is 1. The Morgan fingerprint density at radius 1 is 1.17 bits per heavy atom. The molecule has 1 aliphatic rings. The standard InChI is InChI=1S/C16H13N5O2S/c17-16(24)21-15(23)14(13(20-21)10-6-2-1-3-7-10)19-18-11-8-4-5-9-12(11)22/h1-9,18,22H,(H2,17,24)/b19-14-. The quantitative estimate of drug-likeness (QED) is 0.448. The zero-order chi connectivity index (χ0) is 17.1. The number of aromatic hydroxyl groups is 1. The van der Waals surface area contributed by atoms with Gasteiger partial charge >= 0.3 is 5.91 Å². The molecule has 0 spiro atoms. The van der Waals surface area contributed by atoms with E-state index in [4.69, 9.17) is 18.0 Å². The number of carbonyl (C=O) groups is 1. The number of hydrogen-bond acceptors (Lipinski definition) is 6. The number of amides is 1. The van der Waals surface area contributed by atoms with Gasteiger partial charge in [0, 0.05) is 5.56 Å². The molecule has 3 rings (SSSR count). The summed E-state index contributed by atoms with van der Waals surface area (Å²) in [6, 6.07) is 15.6. The second-order valence-corrected chi connectivity index (χ2v) is 5.28. The van der Waals surface area contributed by atoms with Gasteiger partial charge in [-0.1, -0.05) is 42.5 Å². The SMILES string of the molecule is NC(=S)N1N=C(c2ccccc2)/C(=N/Nc2ccccc2O)C1=O. The maximum atomic E-state index is 12.4. The highest BCUT2D eigenvalue weighted by molar-refractivity contribution is 7.80. The Labute approximate surface area is 143 Å². The lowest BCUT2D eigenvalue weighted by Gasteiger charge is -2.07. The molecule has 24 heavy (non-hydrogen) atoms. The van der Waals surface area contributed by atoms with Crippen LogP contribution in [-0.4, -0.2) is 32.6 Å². The average molecular weight is 339 g/mol. The lowest BCUT2D eigenvalue weighted by molar-refractivity contribution is -0.119. The molecule has 0 atom stereocenters. The van der Waals surface area contributed by atoms with Crippen LogP contribution < -0.4 is 11.2 Å². The molecule has 0 fully saturated rings. The van der Waals surface area contributed by atoms with Crippen LogP contribution in [0.15, 0.2) is 64.8 Å². The fourth-order valence-electron chi connectivity index (χ4n) is 2.12. The molecule has 8 heteroatoms. The molecule has 0 unspecified atom stereocenters. The first-order valence-corrected chi connectivity index (χ1v) is 7.38. The van der Waals surface area contributed by atoms with E-state index in [1.807, 2.05) is 18.2 Å². The Bertz CT molecular complexity index is 864. The third-order valence-corrected chi connectivity index (χ3v) is 3.44. The summed E-state index contributed by atoms with van der Waals surface area (Å²) in [6.45, 7) is 0. The first-order chi connectivity index (χ1) is 11.6. The highest BCUT2D eigenvalue weighted by Crippen LogP contribution is 2.22. The predicted molar refractivity (Wildman–Crippen MR) is 95.8 cm³/mol. The molecule has 2 aromatic rings. The van der Waals surface area contributed by atoms with Crippen LogP contribution in [0.1, 0.15) is 5.56 Å². The zero-order valence-electron chi connectivity index (χ0n) is 12.4. The van der Waals surface area contributed by atoms with Crippen LogP contribution in [0.5, 0.6) is 5.75 Å². The molecule has 4 N–H and O–H groups in total. The van der Waals surface area contributed by atoms with E-state index in [-0.39, 0.29) is 16.6 Å². The predicted octanol–water partition coefficient (Wildman–Crippen LogP) is 1.65. The number of hydrogen-bond donors (Lipinski definition) is 3. The molecule has 1 aliphatic heterocycles. The van der Waals surface area contributed by atoms with Crippen LogP contribution in [0, 0.1) is 0 Å². The molecule has 0 bridgehead atoms. The summed E-state index contributed by atoms with van der Waals surface area (Å²) in [5.41, 5.74) is 9.66. The fourth-order valence-corrected chi connectivity index (χ4v) is 2.24. The van der Waals surface area contributed by atoms with Crippen molar-refractivity contribution >= 4 is 40.3 Å². The van der Waals surface area contributed by atoms with Crippen molar-refractivity contribution in [2.75, 3.05) is 5.43 Å². The number of nitrogens with zero attached hydrogens (tertiary/aromatic N) is 3. The minimum atomic E-state index is -0.538. The largest absolute Gasteiger partial charge is 0.506 e. The van der Waals surface area contributed by atoms with Crippen LogP contribution >= 0.6 is 12.2 Å². The zero-order valence-corrected chi connectivity index (χ0v) is 13.2. The third kappa shape index (κ3) is 2.95. The van der Waals surface area contributed by atoms with E-state index >= 15 is 0 Å². The molecule has 0 aliphatic carbocycles. The fraction of sp³-hybridized carbons (Fsp3) is 0. The van der Waals surface area contributed by atoms with Crippen molar-refractivity contribution in [3.05, 3.63) is 60.2 Å². The Kier molecular flexibility index (Phi) is 4.21. The van der Waals surface area contributed by atoms with Gasteiger partial charge in [-0.3, -0.25) is 10.2 Å². The van der Waals surface area contributed by atoms with Crippen molar-refractivity contribution in [3.8, 4) is 5.75 Å². The summed E-state index contributed by atoms with van der Waals surface area (Å²) in [7, 11) is 0. The average Bonchev–Trinajstić information content (AvgIpc) is 2.92. The monoisotopic (exact) mass is 339 g/mol. The van der Waals surface area contributed by atoms with Crippen LogP contribution in [0.3, 0.4) is 0 Å². The minimum absolute atomic E-state index is 0.0108. The third-order valence-electron chi connectivity index (χ3n) is 3.27. The van der Waals surface area contributed by atoms with Gasteiger partial charge in [0.25, 0.3) is 0 Å². The van der Waals surface area contributed by atoms with Gasteiger partial charge in [-0.25, -0.2) is 0 Å². The van der Waals surface area contributed by atoms with E-state index in [9.17, 15) is 9.90 Å². The Morgan fingerprint density at radius 3 is 2.50 bits per heavy atom. The molecule has 0 radical (unpaired) electrons. The first-order valence-electron chi connectivity index (χ1n) is 6.98. The Balaban J connectivity index is 1.99. The Morgan fingerprint density at radius 2 is 1.83 bits per heavy atom. The lowest BCUT2D eigenvalue weighted by Crippen LogP contribution is -2.36. The minimum Gasteiger partial charge on any atom is -0.506 e.